The molecule has 25 heavy (non-hydrogen) atoms. The number of nitrogens with zero attached hydrogens (tertiary/aromatic N) is 5. The Kier molecular flexibility index (Phi) is 6.60. The Balaban J connectivity index is 0.00000113. The monoisotopic (exact) mass is 386 g/mol. The maximum absolute atomic E-state index is 5.82. The largest absolute Gasteiger partial charge is 0.423 e. The molecule has 8 nitrogen and oxygen atoms in total. The van der Waals surface area contributed by atoms with E-state index in [0.717, 1.165) is 37.3 Å². The second kappa shape index (κ2) is 8.48. The number of halogens is 2. The highest BCUT2D eigenvalue weighted by molar-refractivity contribution is 5.85. The van der Waals surface area contributed by atoms with E-state index in [1.807, 2.05) is 24.3 Å². The molecule has 0 atom stereocenters. The molecule has 136 valence electrons. The van der Waals surface area contributed by atoms with Crippen molar-refractivity contribution in [3.05, 3.63) is 36.0 Å². The molecule has 10 heteroatoms. The van der Waals surface area contributed by atoms with Crippen molar-refractivity contribution in [1.82, 2.24) is 20.0 Å². The first-order valence-electron chi connectivity index (χ1n) is 7.66. The number of hydrogen-bond donors (Lipinski definition) is 1. The van der Waals surface area contributed by atoms with Gasteiger partial charge >= 0.3 is 0 Å². The molecule has 1 aliphatic heterocycles. The third kappa shape index (κ3) is 4.21. The van der Waals surface area contributed by atoms with Gasteiger partial charge in [0, 0.05) is 26.2 Å². The zero-order chi connectivity index (χ0) is 15.6. The molecule has 0 radical (unpaired) electrons. The van der Waals surface area contributed by atoms with Crippen LogP contribution in [0.4, 0.5) is 6.01 Å². The summed E-state index contributed by atoms with van der Waals surface area (Å²) >= 11 is 0. The van der Waals surface area contributed by atoms with Gasteiger partial charge in [-0.1, -0.05) is 17.3 Å². The first kappa shape index (κ1) is 19.5. The van der Waals surface area contributed by atoms with Crippen LogP contribution in [0.15, 0.2) is 33.2 Å². The number of fused-ring (bicyclic) bond motifs is 1. The van der Waals surface area contributed by atoms with E-state index in [9.17, 15) is 0 Å². The summed E-state index contributed by atoms with van der Waals surface area (Å²) in [5, 5.41) is 3.93. The standard InChI is InChI=1S/C15H18N6O2.2ClH/c16-9-14-18-13(19-23-14)10-20-5-7-21(8-6-20)15-17-11-3-1-2-4-12(11)22-15;;/h1-4H,5-10,16H2;2*1H. The lowest BCUT2D eigenvalue weighted by Crippen LogP contribution is -2.46. The van der Waals surface area contributed by atoms with E-state index in [1.165, 1.54) is 0 Å². The molecule has 1 fully saturated rings. The lowest BCUT2D eigenvalue weighted by Gasteiger charge is -2.32. The minimum atomic E-state index is 0. The number of aromatic nitrogens is 3. The summed E-state index contributed by atoms with van der Waals surface area (Å²) < 4.78 is 10.9. The number of oxazole rings is 1. The molecule has 2 N–H and O–H groups in total. The molecule has 3 aromatic rings. The van der Waals surface area contributed by atoms with Crippen LogP contribution in [0.5, 0.6) is 0 Å². The molecule has 2 aromatic heterocycles. The van der Waals surface area contributed by atoms with Crippen molar-refractivity contribution in [3.63, 3.8) is 0 Å². The summed E-state index contributed by atoms with van der Waals surface area (Å²) in [5.74, 6) is 1.16. The van der Waals surface area contributed by atoms with Crippen LogP contribution < -0.4 is 10.6 Å². The Morgan fingerprint density at radius 2 is 1.80 bits per heavy atom. The molecule has 3 heterocycles. The van der Waals surface area contributed by atoms with Crippen molar-refractivity contribution in [3.8, 4) is 0 Å². The minimum Gasteiger partial charge on any atom is -0.423 e. The molecule has 4 rings (SSSR count). The van der Waals surface area contributed by atoms with Crippen molar-refractivity contribution in [2.45, 2.75) is 13.1 Å². The maximum atomic E-state index is 5.82. The number of nitrogens with two attached hydrogens (primary N) is 1. The van der Waals surface area contributed by atoms with Crippen LogP contribution in [0.25, 0.3) is 11.1 Å². The molecule has 0 aliphatic carbocycles. The van der Waals surface area contributed by atoms with E-state index in [-0.39, 0.29) is 31.4 Å². The Labute approximate surface area is 157 Å². The molecule has 1 aromatic carbocycles. The summed E-state index contributed by atoms with van der Waals surface area (Å²) in [6.07, 6.45) is 0. The first-order chi connectivity index (χ1) is 11.3. The van der Waals surface area contributed by atoms with Crippen LogP contribution in [0, 0.1) is 0 Å². The topological polar surface area (TPSA) is 97.5 Å². The Bertz CT molecular complexity index is 767. The number of anilines is 1. The van der Waals surface area contributed by atoms with Crippen LogP contribution >= 0.6 is 24.8 Å². The zero-order valence-electron chi connectivity index (χ0n) is 13.5. The maximum Gasteiger partial charge on any atom is 0.298 e. The van der Waals surface area contributed by atoms with E-state index in [4.69, 9.17) is 14.7 Å². The summed E-state index contributed by atoms with van der Waals surface area (Å²) in [4.78, 5) is 13.2. The molecule has 0 amide bonds. The second-order valence-corrected chi connectivity index (χ2v) is 5.54. The summed E-state index contributed by atoms with van der Waals surface area (Å²) in [7, 11) is 0. The van der Waals surface area contributed by atoms with Gasteiger partial charge in [0.05, 0.1) is 13.1 Å². The number of benzene rings is 1. The molecule has 1 saturated heterocycles. The van der Waals surface area contributed by atoms with Crippen molar-refractivity contribution in [1.29, 1.82) is 0 Å². The number of para-hydroxylation sites is 2. The fourth-order valence-electron chi connectivity index (χ4n) is 2.73. The molecule has 0 unspecified atom stereocenters. The minimum absolute atomic E-state index is 0. The van der Waals surface area contributed by atoms with Crippen molar-refractivity contribution >= 4 is 41.9 Å². The zero-order valence-corrected chi connectivity index (χ0v) is 15.1. The SMILES string of the molecule is Cl.Cl.NCc1nc(CN2CCN(c3nc4ccccc4o3)CC2)no1. The van der Waals surface area contributed by atoms with E-state index in [0.29, 0.717) is 24.3 Å². The van der Waals surface area contributed by atoms with Gasteiger partial charge < -0.3 is 19.6 Å². The highest BCUT2D eigenvalue weighted by Gasteiger charge is 2.22. The molecular formula is C15H20Cl2N6O2. The normalized spacial score (nSPS) is 15.0. The van der Waals surface area contributed by atoms with Crippen molar-refractivity contribution < 1.29 is 8.94 Å². The third-order valence-corrected chi connectivity index (χ3v) is 3.98. The molecular weight excluding hydrogens is 367 g/mol. The summed E-state index contributed by atoms with van der Waals surface area (Å²) in [6, 6.07) is 8.51. The van der Waals surface area contributed by atoms with Gasteiger partial charge in [0.1, 0.15) is 5.52 Å². The van der Waals surface area contributed by atoms with Gasteiger partial charge in [0.2, 0.25) is 5.89 Å². The number of hydrogen-bond acceptors (Lipinski definition) is 8. The van der Waals surface area contributed by atoms with Gasteiger partial charge in [-0.3, -0.25) is 4.90 Å². The van der Waals surface area contributed by atoms with Gasteiger partial charge in [-0.15, -0.1) is 24.8 Å². The van der Waals surface area contributed by atoms with Gasteiger partial charge in [0.25, 0.3) is 6.01 Å². The highest BCUT2D eigenvalue weighted by atomic mass is 35.5. The van der Waals surface area contributed by atoms with Gasteiger partial charge in [0.15, 0.2) is 11.4 Å². The summed E-state index contributed by atoms with van der Waals surface area (Å²) in [5.41, 5.74) is 7.20. The fraction of sp³-hybridized carbons (Fsp3) is 0.400. The first-order valence-corrected chi connectivity index (χ1v) is 7.66. The predicted octanol–water partition coefficient (Wildman–Crippen LogP) is 1.84. The average molecular weight is 387 g/mol. The van der Waals surface area contributed by atoms with Gasteiger partial charge in [-0.2, -0.15) is 9.97 Å². The van der Waals surface area contributed by atoms with Crippen molar-refractivity contribution in [2.24, 2.45) is 5.73 Å². The van der Waals surface area contributed by atoms with Crippen LogP contribution in [0.1, 0.15) is 11.7 Å². The smallest absolute Gasteiger partial charge is 0.298 e. The number of piperazine rings is 1. The second-order valence-electron chi connectivity index (χ2n) is 5.54. The molecule has 0 bridgehead atoms. The third-order valence-electron chi connectivity index (χ3n) is 3.98. The lowest BCUT2D eigenvalue weighted by atomic mass is 10.3. The van der Waals surface area contributed by atoms with E-state index in [1.54, 1.807) is 0 Å². The van der Waals surface area contributed by atoms with Crippen molar-refractivity contribution in [2.75, 3.05) is 31.1 Å². The van der Waals surface area contributed by atoms with E-state index >= 15 is 0 Å². The van der Waals surface area contributed by atoms with Gasteiger partial charge in [-0.05, 0) is 12.1 Å². The summed E-state index contributed by atoms with van der Waals surface area (Å²) in [6.45, 7) is 4.45. The Hall–Kier alpha value is -1.87. The average Bonchev–Trinajstić information content (AvgIpc) is 3.21. The Morgan fingerprint density at radius 1 is 1.04 bits per heavy atom. The van der Waals surface area contributed by atoms with Gasteiger partial charge in [-0.25, -0.2) is 0 Å². The van der Waals surface area contributed by atoms with Crippen LogP contribution in [0.3, 0.4) is 0 Å². The van der Waals surface area contributed by atoms with E-state index < -0.39 is 0 Å². The predicted molar refractivity (Wildman–Crippen MR) is 98.2 cm³/mol. The molecule has 1 aliphatic rings. The molecule has 0 spiro atoms. The Morgan fingerprint density at radius 3 is 2.48 bits per heavy atom. The highest BCUT2D eigenvalue weighted by Crippen LogP contribution is 2.22. The van der Waals surface area contributed by atoms with Crippen LogP contribution in [-0.4, -0.2) is 46.2 Å². The van der Waals surface area contributed by atoms with Crippen LogP contribution in [0.2, 0.25) is 0 Å². The molecule has 0 saturated carbocycles. The number of rotatable bonds is 4. The fourth-order valence-corrected chi connectivity index (χ4v) is 2.73. The quantitative estimate of drug-likeness (QED) is 0.724. The lowest BCUT2D eigenvalue weighted by molar-refractivity contribution is 0.236. The van der Waals surface area contributed by atoms with Crippen LogP contribution in [-0.2, 0) is 13.1 Å². The van der Waals surface area contributed by atoms with E-state index in [2.05, 4.69) is 24.9 Å².